The van der Waals surface area contributed by atoms with Gasteiger partial charge in [-0.3, -0.25) is 4.79 Å². The SMILES string of the molecule is CCC(C)CC(NC(=O)C1(CNC(=O)OCC2c3ccccc3-c3ccccc32)CCC1)C(=O)O. The summed E-state index contributed by atoms with van der Waals surface area (Å²) < 4.78 is 5.59. The van der Waals surface area contributed by atoms with Crippen molar-refractivity contribution in [2.24, 2.45) is 11.3 Å². The highest BCUT2D eigenvalue weighted by molar-refractivity contribution is 5.88. The molecule has 4 rings (SSSR count). The van der Waals surface area contributed by atoms with Crippen LogP contribution < -0.4 is 10.6 Å². The van der Waals surface area contributed by atoms with Crippen LogP contribution in [0.2, 0.25) is 0 Å². The molecular formula is C28H34N2O5. The van der Waals surface area contributed by atoms with Crippen LogP contribution in [0.25, 0.3) is 11.1 Å². The van der Waals surface area contributed by atoms with Gasteiger partial charge in [-0.1, -0.05) is 75.2 Å². The van der Waals surface area contributed by atoms with Gasteiger partial charge in [-0.2, -0.15) is 0 Å². The number of alkyl carbamates (subject to hydrolysis) is 1. The van der Waals surface area contributed by atoms with E-state index in [9.17, 15) is 19.5 Å². The second kappa shape index (κ2) is 10.5. The summed E-state index contributed by atoms with van der Waals surface area (Å²) in [6.45, 7) is 4.30. The molecule has 2 aliphatic carbocycles. The van der Waals surface area contributed by atoms with Gasteiger partial charge in [0.15, 0.2) is 0 Å². The van der Waals surface area contributed by atoms with Gasteiger partial charge < -0.3 is 20.5 Å². The van der Waals surface area contributed by atoms with Crippen LogP contribution in [0.5, 0.6) is 0 Å². The van der Waals surface area contributed by atoms with E-state index in [2.05, 4.69) is 34.9 Å². The maximum Gasteiger partial charge on any atom is 0.407 e. The Labute approximate surface area is 206 Å². The molecule has 2 aliphatic rings. The number of carbonyl (C=O) groups is 3. The van der Waals surface area contributed by atoms with Crippen molar-refractivity contribution in [3.63, 3.8) is 0 Å². The van der Waals surface area contributed by atoms with Crippen molar-refractivity contribution in [2.75, 3.05) is 13.2 Å². The Bertz CT molecular complexity index is 1050. The number of carboxylic acid groups (broad SMARTS) is 1. The molecule has 35 heavy (non-hydrogen) atoms. The zero-order valence-corrected chi connectivity index (χ0v) is 20.4. The summed E-state index contributed by atoms with van der Waals surface area (Å²) in [7, 11) is 0. The maximum absolute atomic E-state index is 13.0. The largest absolute Gasteiger partial charge is 0.480 e. The highest BCUT2D eigenvalue weighted by atomic mass is 16.5. The van der Waals surface area contributed by atoms with E-state index in [-0.39, 0.29) is 30.9 Å². The lowest BCUT2D eigenvalue weighted by Crippen LogP contribution is -2.56. The van der Waals surface area contributed by atoms with Crippen LogP contribution >= 0.6 is 0 Å². The van der Waals surface area contributed by atoms with Crippen LogP contribution in [0, 0.1) is 11.3 Å². The van der Waals surface area contributed by atoms with Crippen molar-refractivity contribution in [3.05, 3.63) is 59.7 Å². The Hall–Kier alpha value is -3.35. The number of hydrogen-bond acceptors (Lipinski definition) is 4. The molecule has 1 saturated carbocycles. The van der Waals surface area contributed by atoms with E-state index in [1.54, 1.807) is 0 Å². The Morgan fingerprint density at radius 3 is 2.17 bits per heavy atom. The quantitative estimate of drug-likeness (QED) is 0.459. The third kappa shape index (κ3) is 5.19. The fourth-order valence-electron chi connectivity index (χ4n) is 5.08. The first-order valence-electron chi connectivity index (χ1n) is 12.5. The first-order valence-corrected chi connectivity index (χ1v) is 12.5. The van der Waals surface area contributed by atoms with Crippen LogP contribution in [0.15, 0.2) is 48.5 Å². The van der Waals surface area contributed by atoms with Gasteiger partial charge in [0, 0.05) is 12.5 Å². The average molecular weight is 479 g/mol. The summed E-state index contributed by atoms with van der Waals surface area (Å²) in [6.07, 6.45) is 2.74. The lowest BCUT2D eigenvalue weighted by molar-refractivity contribution is -0.146. The van der Waals surface area contributed by atoms with Crippen molar-refractivity contribution in [2.45, 2.75) is 57.9 Å². The number of carboxylic acids is 1. The number of rotatable bonds is 10. The molecule has 0 heterocycles. The number of amides is 2. The molecule has 0 radical (unpaired) electrons. The van der Waals surface area contributed by atoms with Gasteiger partial charge in [0.2, 0.25) is 5.91 Å². The molecule has 186 valence electrons. The molecule has 0 spiro atoms. The summed E-state index contributed by atoms with van der Waals surface area (Å²) in [5, 5.41) is 15.0. The third-order valence-corrected chi connectivity index (χ3v) is 7.65. The predicted octanol–water partition coefficient (Wildman–Crippen LogP) is 4.70. The first kappa shape index (κ1) is 24.8. The van der Waals surface area contributed by atoms with Crippen molar-refractivity contribution in [1.29, 1.82) is 0 Å². The van der Waals surface area contributed by atoms with E-state index in [4.69, 9.17) is 4.74 Å². The molecular weight excluding hydrogens is 444 g/mol. The van der Waals surface area contributed by atoms with Gasteiger partial charge in [0.05, 0.1) is 5.41 Å². The van der Waals surface area contributed by atoms with Crippen molar-refractivity contribution in [3.8, 4) is 11.1 Å². The standard InChI is InChI=1S/C28H34N2O5/c1-3-18(2)15-24(25(31)32)30-26(33)28(13-8-14-28)17-29-27(34)35-16-23-21-11-6-4-9-19(21)20-10-5-7-12-22(20)23/h4-7,9-12,18,23-24H,3,8,13-17H2,1-2H3,(H,29,34)(H,30,33)(H,31,32). The third-order valence-electron chi connectivity index (χ3n) is 7.65. The Kier molecular flexibility index (Phi) is 7.43. The van der Waals surface area contributed by atoms with Crippen LogP contribution in [-0.2, 0) is 14.3 Å². The number of benzene rings is 2. The first-order chi connectivity index (χ1) is 16.8. The predicted molar refractivity (Wildman–Crippen MR) is 133 cm³/mol. The minimum Gasteiger partial charge on any atom is -0.480 e. The van der Waals surface area contributed by atoms with Crippen LogP contribution in [0.1, 0.15) is 63.0 Å². The van der Waals surface area contributed by atoms with Crippen LogP contribution in [-0.4, -0.2) is 42.3 Å². The lowest BCUT2D eigenvalue weighted by atomic mass is 9.68. The smallest absolute Gasteiger partial charge is 0.407 e. The average Bonchev–Trinajstić information content (AvgIpc) is 3.15. The lowest BCUT2D eigenvalue weighted by Gasteiger charge is -2.40. The molecule has 2 aromatic carbocycles. The number of fused-ring (bicyclic) bond motifs is 3. The zero-order chi connectivity index (χ0) is 25.0. The Morgan fingerprint density at radius 1 is 1.06 bits per heavy atom. The molecule has 2 amide bonds. The summed E-state index contributed by atoms with van der Waals surface area (Å²) in [6, 6.07) is 15.4. The van der Waals surface area contributed by atoms with Gasteiger partial charge in [0.25, 0.3) is 0 Å². The molecule has 0 aromatic heterocycles. The molecule has 0 saturated heterocycles. The highest BCUT2D eigenvalue weighted by Gasteiger charge is 2.45. The Morgan fingerprint density at radius 2 is 1.66 bits per heavy atom. The van der Waals surface area contributed by atoms with Crippen molar-refractivity contribution in [1.82, 2.24) is 10.6 Å². The minimum atomic E-state index is -1.03. The topological polar surface area (TPSA) is 105 Å². The molecule has 7 heteroatoms. The molecule has 3 N–H and O–H groups in total. The molecule has 0 bridgehead atoms. The number of nitrogens with one attached hydrogen (secondary N) is 2. The fraction of sp³-hybridized carbons (Fsp3) is 0.464. The molecule has 2 atom stereocenters. The second-order valence-electron chi connectivity index (χ2n) is 9.93. The molecule has 2 aromatic rings. The van der Waals surface area contributed by atoms with E-state index in [1.165, 1.54) is 0 Å². The van der Waals surface area contributed by atoms with E-state index in [0.29, 0.717) is 19.3 Å². The Balaban J connectivity index is 1.34. The number of aliphatic carboxylic acids is 1. The summed E-state index contributed by atoms with van der Waals surface area (Å²) in [4.78, 5) is 37.3. The highest BCUT2D eigenvalue weighted by Crippen LogP contribution is 2.44. The fourth-order valence-corrected chi connectivity index (χ4v) is 5.08. The van der Waals surface area contributed by atoms with Gasteiger partial charge >= 0.3 is 12.1 Å². The second-order valence-corrected chi connectivity index (χ2v) is 9.93. The van der Waals surface area contributed by atoms with Crippen molar-refractivity contribution < 1.29 is 24.2 Å². The minimum absolute atomic E-state index is 0.0361. The molecule has 0 aliphatic heterocycles. The van der Waals surface area contributed by atoms with Crippen LogP contribution in [0.4, 0.5) is 4.79 Å². The number of hydrogen-bond donors (Lipinski definition) is 3. The zero-order valence-electron chi connectivity index (χ0n) is 20.4. The summed E-state index contributed by atoms with van der Waals surface area (Å²) >= 11 is 0. The summed E-state index contributed by atoms with van der Waals surface area (Å²) in [5.41, 5.74) is 3.81. The molecule has 1 fully saturated rings. The molecule has 2 unspecified atom stereocenters. The van der Waals surface area contributed by atoms with E-state index < -0.39 is 23.5 Å². The van der Waals surface area contributed by atoms with Gasteiger partial charge in [-0.05, 0) is 47.4 Å². The number of ether oxygens (including phenoxy) is 1. The summed E-state index contributed by atoms with van der Waals surface area (Å²) in [5.74, 6) is -1.19. The molecule has 7 nitrogen and oxygen atoms in total. The normalized spacial score (nSPS) is 17.3. The van der Waals surface area contributed by atoms with Crippen LogP contribution in [0.3, 0.4) is 0 Å². The van der Waals surface area contributed by atoms with Crippen molar-refractivity contribution >= 4 is 18.0 Å². The van der Waals surface area contributed by atoms with Gasteiger partial charge in [-0.15, -0.1) is 0 Å². The van der Waals surface area contributed by atoms with E-state index in [0.717, 1.165) is 35.1 Å². The van der Waals surface area contributed by atoms with Gasteiger partial charge in [0.1, 0.15) is 12.6 Å². The van der Waals surface area contributed by atoms with Gasteiger partial charge in [-0.25, -0.2) is 9.59 Å². The van der Waals surface area contributed by atoms with E-state index in [1.807, 2.05) is 38.1 Å². The van der Waals surface area contributed by atoms with E-state index >= 15 is 0 Å². The monoisotopic (exact) mass is 478 g/mol. The maximum atomic E-state index is 13.0. The number of carbonyl (C=O) groups excluding carboxylic acids is 2.